The Bertz CT molecular complexity index is 765. The van der Waals surface area contributed by atoms with E-state index in [0.717, 1.165) is 10.4 Å². The molecular weight excluding hydrogens is 294 g/mol. The summed E-state index contributed by atoms with van der Waals surface area (Å²) in [5, 5.41) is 4.03. The van der Waals surface area contributed by atoms with Crippen molar-refractivity contribution in [2.45, 2.75) is 26.2 Å². The van der Waals surface area contributed by atoms with Crippen LogP contribution in [0.1, 0.15) is 37.1 Å². The van der Waals surface area contributed by atoms with Crippen molar-refractivity contribution in [3.05, 3.63) is 52.3 Å². The van der Waals surface area contributed by atoms with Crippen molar-refractivity contribution in [2.75, 3.05) is 0 Å². The van der Waals surface area contributed by atoms with Crippen LogP contribution in [0.4, 0.5) is 0 Å². The van der Waals surface area contributed by atoms with Gasteiger partial charge in [-0.25, -0.2) is 0 Å². The third kappa shape index (κ3) is 3.31. The fourth-order valence-corrected chi connectivity index (χ4v) is 2.51. The fraction of sp³-hybridized carbons (Fsp3) is 0.235. The molecule has 0 amide bonds. The van der Waals surface area contributed by atoms with Crippen molar-refractivity contribution in [1.29, 1.82) is 0 Å². The summed E-state index contributed by atoms with van der Waals surface area (Å²) in [7, 11) is 0. The molecule has 0 unspecified atom stereocenters. The SMILES string of the molecule is CC(C)(C)c1ccc(-c2noc(/C=C/c3cncs3)n2)cc1. The molecule has 0 fully saturated rings. The van der Waals surface area contributed by atoms with Crippen LogP contribution in [0.2, 0.25) is 0 Å². The van der Waals surface area contributed by atoms with Gasteiger partial charge in [0.15, 0.2) is 0 Å². The minimum atomic E-state index is 0.137. The van der Waals surface area contributed by atoms with Gasteiger partial charge in [0.1, 0.15) is 0 Å². The molecule has 3 aromatic rings. The van der Waals surface area contributed by atoms with Crippen molar-refractivity contribution in [3.63, 3.8) is 0 Å². The molecule has 5 heteroatoms. The van der Waals surface area contributed by atoms with Crippen LogP contribution in [0.5, 0.6) is 0 Å². The lowest BCUT2D eigenvalue weighted by atomic mass is 9.87. The summed E-state index contributed by atoms with van der Waals surface area (Å²) in [5.41, 5.74) is 4.16. The zero-order valence-electron chi connectivity index (χ0n) is 12.8. The summed E-state index contributed by atoms with van der Waals surface area (Å²) in [4.78, 5) is 9.46. The molecular formula is C17H17N3OS. The Hall–Kier alpha value is -2.27. The summed E-state index contributed by atoms with van der Waals surface area (Å²) in [6.45, 7) is 6.58. The molecule has 0 radical (unpaired) electrons. The van der Waals surface area contributed by atoms with Crippen LogP contribution in [-0.2, 0) is 5.41 Å². The van der Waals surface area contributed by atoms with Gasteiger partial charge in [0.25, 0.3) is 5.89 Å². The Balaban J connectivity index is 1.79. The van der Waals surface area contributed by atoms with E-state index in [1.807, 2.05) is 18.2 Å². The summed E-state index contributed by atoms with van der Waals surface area (Å²) in [6.07, 6.45) is 5.51. The molecule has 22 heavy (non-hydrogen) atoms. The number of nitrogens with zero attached hydrogens (tertiary/aromatic N) is 3. The molecule has 0 saturated heterocycles. The largest absolute Gasteiger partial charge is 0.334 e. The molecule has 0 atom stereocenters. The van der Waals surface area contributed by atoms with E-state index in [-0.39, 0.29) is 5.41 Å². The van der Waals surface area contributed by atoms with Gasteiger partial charge < -0.3 is 4.52 Å². The van der Waals surface area contributed by atoms with Crippen LogP contribution < -0.4 is 0 Å². The van der Waals surface area contributed by atoms with Gasteiger partial charge in [-0.2, -0.15) is 4.98 Å². The van der Waals surface area contributed by atoms with Crippen molar-refractivity contribution in [3.8, 4) is 11.4 Å². The van der Waals surface area contributed by atoms with Crippen molar-refractivity contribution in [2.24, 2.45) is 0 Å². The number of hydrogen-bond donors (Lipinski definition) is 0. The Kier molecular flexibility index (Phi) is 3.90. The quantitative estimate of drug-likeness (QED) is 0.706. The molecule has 4 nitrogen and oxygen atoms in total. The maximum Gasteiger partial charge on any atom is 0.250 e. The van der Waals surface area contributed by atoms with E-state index in [0.29, 0.717) is 11.7 Å². The molecule has 0 aliphatic heterocycles. The molecule has 3 rings (SSSR count). The Morgan fingerprint density at radius 3 is 2.50 bits per heavy atom. The summed E-state index contributed by atoms with van der Waals surface area (Å²) < 4.78 is 5.25. The van der Waals surface area contributed by atoms with Gasteiger partial charge in [-0.3, -0.25) is 4.98 Å². The predicted octanol–water partition coefficient (Wildman–Crippen LogP) is 4.66. The highest BCUT2D eigenvalue weighted by molar-refractivity contribution is 7.10. The van der Waals surface area contributed by atoms with Gasteiger partial charge >= 0.3 is 0 Å². The van der Waals surface area contributed by atoms with E-state index in [1.165, 1.54) is 5.56 Å². The Morgan fingerprint density at radius 1 is 1.09 bits per heavy atom. The Labute approximate surface area is 133 Å². The summed E-state index contributed by atoms with van der Waals surface area (Å²) in [6, 6.07) is 8.28. The zero-order valence-corrected chi connectivity index (χ0v) is 13.6. The first-order valence-corrected chi connectivity index (χ1v) is 7.91. The lowest BCUT2D eigenvalue weighted by molar-refractivity contribution is 0.411. The lowest BCUT2D eigenvalue weighted by Crippen LogP contribution is -2.10. The average Bonchev–Trinajstić information content (AvgIpc) is 3.16. The van der Waals surface area contributed by atoms with Crippen molar-refractivity contribution >= 4 is 23.5 Å². The fourth-order valence-electron chi connectivity index (χ4n) is 2.00. The molecule has 0 bridgehead atoms. The van der Waals surface area contributed by atoms with E-state index in [4.69, 9.17) is 4.52 Å². The highest BCUT2D eigenvalue weighted by atomic mass is 32.1. The maximum absolute atomic E-state index is 5.25. The first-order chi connectivity index (χ1) is 10.5. The molecule has 0 aliphatic rings. The molecule has 2 aromatic heterocycles. The second-order valence-electron chi connectivity index (χ2n) is 6.02. The summed E-state index contributed by atoms with van der Waals surface area (Å²) >= 11 is 1.56. The van der Waals surface area contributed by atoms with Gasteiger partial charge in [0, 0.05) is 22.7 Å². The second-order valence-corrected chi connectivity index (χ2v) is 6.94. The van der Waals surface area contributed by atoms with E-state index in [2.05, 4.69) is 48.0 Å². The number of benzene rings is 1. The summed E-state index contributed by atoms with van der Waals surface area (Å²) in [5.74, 6) is 1.09. The van der Waals surface area contributed by atoms with E-state index in [1.54, 1.807) is 29.1 Å². The number of hydrogen-bond acceptors (Lipinski definition) is 5. The van der Waals surface area contributed by atoms with Crippen LogP contribution in [0, 0.1) is 0 Å². The maximum atomic E-state index is 5.25. The minimum Gasteiger partial charge on any atom is -0.334 e. The molecule has 0 N–H and O–H groups in total. The smallest absolute Gasteiger partial charge is 0.250 e. The average molecular weight is 311 g/mol. The van der Waals surface area contributed by atoms with Crippen molar-refractivity contribution < 1.29 is 4.52 Å². The normalized spacial score (nSPS) is 12.1. The third-order valence-electron chi connectivity index (χ3n) is 3.29. The van der Waals surface area contributed by atoms with Crippen molar-refractivity contribution in [1.82, 2.24) is 15.1 Å². The van der Waals surface area contributed by atoms with Gasteiger partial charge in [0.05, 0.1) is 5.51 Å². The van der Waals surface area contributed by atoms with Gasteiger partial charge in [0.2, 0.25) is 5.82 Å². The van der Waals surface area contributed by atoms with Crippen LogP contribution in [0.3, 0.4) is 0 Å². The van der Waals surface area contributed by atoms with E-state index >= 15 is 0 Å². The topological polar surface area (TPSA) is 51.8 Å². The van der Waals surface area contributed by atoms with Crippen LogP contribution >= 0.6 is 11.3 Å². The first-order valence-electron chi connectivity index (χ1n) is 7.03. The number of rotatable bonds is 3. The van der Waals surface area contributed by atoms with Gasteiger partial charge in [-0.05, 0) is 17.1 Å². The third-order valence-corrected chi connectivity index (χ3v) is 4.03. The Morgan fingerprint density at radius 2 is 1.86 bits per heavy atom. The highest BCUT2D eigenvalue weighted by Crippen LogP contribution is 2.25. The molecule has 112 valence electrons. The monoisotopic (exact) mass is 311 g/mol. The minimum absolute atomic E-state index is 0.137. The lowest BCUT2D eigenvalue weighted by Gasteiger charge is -2.18. The van der Waals surface area contributed by atoms with Crippen LogP contribution in [0.15, 0.2) is 40.5 Å². The molecule has 0 aliphatic carbocycles. The number of thiazole rings is 1. The molecule has 2 heterocycles. The van der Waals surface area contributed by atoms with Crippen LogP contribution in [0.25, 0.3) is 23.5 Å². The van der Waals surface area contributed by atoms with Gasteiger partial charge in [-0.1, -0.05) is 50.2 Å². The number of aromatic nitrogens is 3. The van der Waals surface area contributed by atoms with E-state index in [9.17, 15) is 0 Å². The standard InChI is InChI=1S/C17H17N3OS/c1-17(2,3)13-6-4-12(5-7-13)16-19-15(21-20-16)9-8-14-10-18-11-22-14/h4-11H,1-3H3/b9-8+. The predicted molar refractivity (Wildman–Crippen MR) is 89.5 cm³/mol. The zero-order chi connectivity index (χ0) is 15.6. The molecule has 0 saturated carbocycles. The first kappa shape index (κ1) is 14.7. The molecule has 1 aromatic carbocycles. The van der Waals surface area contributed by atoms with Gasteiger partial charge in [-0.15, -0.1) is 11.3 Å². The second kappa shape index (κ2) is 5.85. The van der Waals surface area contributed by atoms with Crippen LogP contribution in [-0.4, -0.2) is 15.1 Å². The highest BCUT2D eigenvalue weighted by Gasteiger charge is 2.14. The molecule has 0 spiro atoms. The van der Waals surface area contributed by atoms with E-state index < -0.39 is 0 Å².